The molecule has 2 nitrogen and oxygen atoms in total. The van der Waals surface area contributed by atoms with E-state index in [4.69, 9.17) is 0 Å². The fourth-order valence-corrected chi connectivity index (χ4v) is 11.8. The number of thiophene rings is 1. The molecule has 12 aromatic rings. The third-order valence-electron chi connectivity index (χ3n) is 13.7. The molecule has 13 rings (SSSR count). The van der Waals surface area contributed by atoms with E-state index in [1.165, 1.54) is 75.6 Å². The van der Waals surface area contributed by atoms with E-state index >= 15 is 0 Å². The van der Waals surface area contributed by atoms with Gasteiger partial charge in [-0.2, -0.15) is 0 Å². The first-order chi connectivity index (χ1) is 33.7. The normalized spacial score (nSPS) is 11.8. The van der Waals surface area contributed by atoms with Crippen molar-refractivity contribution < 1.29 is 0 Å². The number of hydrogen-bond acceptors (Lipinski definition) is 3. The van der Waals surface area contributed by atoms with E-state index in [0.717, 1.165) is 51.5 Å². The molecule has 0 spiro atoms. The van der Waals surface area contributed by atoms with E-state index in [1.54, 1.807) is 0 Å². The summed E-state index contributed by atoms with van der Waals surface area (Å²) >= 11 is 1.87. The van der Waals surface area contributed by atoms with Gasteiger partial charge in [-0.15, -0.1) is 11.3 Å². The minimum absolute atomic E-state index is 0.888. The van der Waals surface area contributed by atoms with E-state index < -0.39 is 0 Å². The second-order valence-corrected chi connectivity index (χ2v) is 18.7. The largest absolute Gasteiger partial charge is 0.310 e. The number of anilines is 6. The smallest absolute Gasteiger partial charge is 0.0540 e. The molecule has 320 valence electrons. The third-order valence-corrected chi connectivity index (χ3v) is 14.8. The molecule has 0 amide bonds. The molecular formula is C65H44N2S. The number of rotatable bonds is 9. The maximum Gasteiger partial charge on any atom is 0.0540 e. The highest BCUT2D eigenvalue weighted by Crippen LogP contribution is 2.50. The first-order valence-corrected chi connectivity index (χ1v) is 24.2. The van der Waals surface area contributed by atoms with Crippen LogP contribution in [0.3, 0.4) is 0 Å². The van der Waals surface area contributed by atoms with Crippen molar-refractivity contribution >= 4 is 76.4 Å². The molecular weight excluding hydrogens is 841 g/mol. The highest BCUT2D eigenvalue weighted by Gasteiger charge is 2.27. The van der Waals surface area contributed by atoms with Crippen LogP contribution in [0.5, 0.6) is 0 Å². The van der Waals surface area contributed by atoms with E-state index in [0.29, 0.717) is 0 Å². The molecule has 0 saturated heterocycles. The van der Waals surface area contributed by atoms with Crippen molar-refractivity contribution in [2.75, 3.05) is 9.80 Å². The maximum absolute atomic E-state index is 2.50. The second kappa shape index (κ2) is 16.7. The van der Waals surface area contributed by atoms with Crippen LogP contribution in [0, 0.1) is 0 Å². The number of nitrogens with zero attached hydrogens (tertiary/aromatic N) is 2. The Morgan fingerprint density at radius 1 is 0.279 bits per heavy atom. The molecule has 0 bridgehead atoms. The molecule has 0 aliphatic heterocycles. The van der Waals surface area contributed by atoms with E-state index in [9.17, 15) is 0 Å². The third kappa shape index (κ3) is 6.78. The highest BCUT2D eigenvalue weighted by molar-refractivity contribution is 7.25. The van der Waals surface area contributed by atoms with E-state index in [2.05, 4.69) is 265 Å². The van der Waals surface area contributed by atoms with Crippen LogP contribution in [-0.2, 0) is 6.42 Å². The Labute approximate surface area is 400 Å². The van der Waals surface area contributed by atoms with Gasteiger partial charge in [0.05, 0.1) is 22.7 Å². The highest BCUT2D eigenvalue weighted by atomic mass is 32.1. The minimum Gasteiger partial charge on any atom is -0.310 e. The van der Waals surface area contributed by atoms with Crippen molar-refractivity contribution in [3.05, 3.63) is 266 Å². The number of para-hydroxylation sites is 2. The van der Waals surface area contributed by atoms with Crippen LogP contribution in [0.15, 0.2) is 255 Å². The van der Waals surface area contributed by atoms with E-state index in [-0.39, 0.29) is 0 Å². The zero-order valence-electron chi connectivity index (χ0n) is 37.3. The predicted molar refractivity (Wildman–Crippen MR) is 291 cm³/mol. The summed E-state index contributed by atoms with van der Waals surface area (Å²) < 4.78 is 2.59. The Morgan fingerprint density at radius 2 is 0.824 bits per heavy atom. The van der Waals surface area contributed by atoms with Gasteiger partial charge in [0.25, 0.3) is 0 Å². The van der Waals surface area contributed by atoms with Gasteiger partial charge in [-0.1, -0.05) is 200 Å². The number of benzene rings is 11. The fraction of sp³-hybridized carbons (Fsp3) is 0.0154. The summed E-state index contributed by atoms with van der Waals surface area (Å²) in [6.45, 7) is 0. The Morgan fingerprint density at radius 3 is 1.60 bits per heavy atom. The van der Waals surface area contributed by atoms with Crippen LogP contribution in [0.1, 0.15) is 11.1 Å². The zero-order valence-corrected chi connectivity index (χ0v) is 38.1. The lowest BCUT2D eigenvalue weighted by Crippen LogP contribution is -2.14. The van der Waals surface area contributed by atoms with Crippen molar-refractivity contribution in [3.63, 3.8) is 0 Å². The summed E-state index contributed by atoms with van der Waals surface area (Å²) in [6, 6.07) is 93.5. The van der Waals surface area contributed by atoms with Crippen molar-refractivity contribution in [1.82, 2.24) is 0 Å². The summed E-state index contributed by atoms with van der Waals surface area (Å²) in [6.07, 6.45) is 0.888. The molecule has 68 heavy (non-hydrogen) atoms. The van der Waals surface area contributed by atoms with Crippen molar-refractivity contribution in [2.24, 2.45) is 0 Å². The van der Waals surface area contributed by atoms with Gasteiger partial charge in [-0.25, -0.2) is 0 Å². The minimum atomic E-state index is 0.888. The lowest BCUT2D eigenvalue weighted by atomic mass is 9.94. The summed E-state index contributed by atoms with van der Waals surface area (Å²) in [4.78, 5) is 4.99. The molecule has 1 aliphatic carbocycles. The first kappa shape index (κ1) is 39.8. The van der Waals surface area contributed by atoms with Crippen molar-refractivity contribution in [2.45, 2.75) is 6.42 Å². The van der Waals surface area contributed by atoms with E-state index in [1.807, 2.05) is 11.3 Å². The molecule has 0 fully saturated rings. The number of hydrogen-bond donors (Lipinski definition) is 0. The van der Waals surface area contributed by atoms with Crippen LogP contribution >= 0.6 is 11.3 Å². The maximum atomic E-state index is 2.50. The van der Waals surface area contributed by atoms with Gasteiger partial charge in [0.2, 0.25) is 0 Å². The summed E-state index contributed by atoms with van der Waals surface area (Å²) in [7, 11) is 0. The van der Waals surface area contributed by atoms with Gasteiger partial charge in [0, 0.05) is 54.5 Å². The summed E-state index contributed by atoms with van der Waals surface area (Å²) in [5, 5.41) is 4.99. The molecule has 1 aliphatic rings. The van der Waals surface area contributed by atoms with Gasteiger partial charge < -0.3 is 9.80 Å². The molecule has 11 aromatic carbocycles. The monoisotopic (exact) mass is 884 g/mol. The number of fused-ring (bicyclic) bond motifs is 7. The molecule has 1 heterocycles. The Balaban J connectivity index is 1.02. The quantitative estimate of drug-likeness (QED) is 0.142. The predicted octanol–water partition coefficient (Wildman–Crippen LogP) is 18.7. The van der Waals surface area contributed by atoms with Crippen LogP contribution in [0.2, 0.25) is 0 Å². The van der Waals surface area contributed by atoms with Crippen LogP contribution < -0.4 is 9.80 Å². The lowest BCUT2D eigenvalue weighted by molar-refractivity contribution is 1.20. The lowest BCUT2D eigenvalue weighted by Gasteiger charge is -2.32. The Bertz CT molecular complexity index is 3850. The molecule has 3 heteroatoms. The zero-order chi connectivity index (χ0) is 45.0. The average Bonchev–Trinajstić information content (AvgIpc) is 3.99. The van der Waals surface area contributed by atoms with Gasteiger partial charge in [-0.05, 0) is 104 Å². The van der Waals surface area contributed by atoms with Gasteiger partial charge >= 0.3 is 0 Å². The molecule has 0 unspecified atom stereocenters. The Kier molecular flexibility index (Phi) is 9.80. The fourth-order valence-electron chi connectivity index (χ4n) is 10.6. The van der Waals surface area contributed by atoms with Crippen LogP contribution in [0.25, 0.3) is 75.5 Å². The SMILES string of the molecule is c1ccc(-c2ccccc2N(c2ccccc2-c2cccc(N(c3ccc4c(c3)sc3ccccc34)c3cccc4c3Cc3ccccc3-4)c2)c2ccc(-c3ccccc3)c3ccccc23)cc1. The van der Waals surface area contributed by atoms with Gasteiger partial charge in [0.1, 0.15) is 0 Å². The van der Waals surface area contributed by atoms with Crippen molar-refractivity contribution in [1.29, 1.82) is 0 Å². The summed E-state index contributed by atoms with van der Waals surface area (Å²) in [5.74, 6) is 0. The van der Waals surface area contributed by atoms with Gasteiger partial charge in [-0.3, -0.25) is 0 Å². The van der Waals surface area contributed by atoms with Crippen molar-refractivity contribution in [3.8, 4) is 44.5 Å². The van der Waals surface area contributed by atoms with Crippen LogP contribution in [0.4, 0.5) is 34.1 Å². The first-order valence-electron chi connectivity index (χ1n) is 23.4. The molecule has 0 atom stereocenters. The van der Waals surface area contributed by atoms with Gasteiger partial charge in [0.15, 0.2) is 0 Å². The standard InChI is InChI=1S/C65H44N2S/c1-3-19-44(20-4-1)51-39-40-63(56-30-10-9-29-54(51)56)67(60-33-14-11-27-52(60)45-21-5-2-6-22-45)61-34-15-12-28-53(61)46-24-17-25-48(41-46)66(49-37-38-58-57-31-13-16-36-64(57)68-65(58)43-49)62-35-18-32-55-50-26-8-7-23-47(50)42-59(55)62/h1-41,43H,42H2. The second-order valence-electron chi connectivity index (χ2n) is 17.6. The summed E-state index contributed by atoms with van der Waals surface area (Å²) in [5.41, 5.74) is 19.2. The molecule has 0 radical (unpaired) electrons. The molecule has 0 saturated carbocycles. The van der Waals surface area contributed by atoms with Crippen LogP contribution in [-0.4, -0.2) is 0 Å². The average molecular weight is 885 g/mol. The molecule has 1 aromatic heterocycles. The molecule has 0 N–H and O–H groups in total. The topological polar surface area (TPSA) is 6.48 Å². The Hall–Kier alpha value is -8.50.